The molecule has 32 heavy (non-hydrogen) atoms. The zero-order valence-corrected chi connectivity index (χ0v) is 18.6. The van der Waals surface area contributed by atoms with E-state index in [-0.39, 0.29) is 29.5 Å². The van der Waals surface area contributed by atoms with Crippen LogP contribution in [-0.4, -0.2) is 55.2 Å². The summed E-state index contributed by atoms with van der Waals surface area (Å²) >= 11 is 6.14. The molecule has 2 aromatic carbocycles. The first-order valence-electron chi connectivity index (χ1n) is 10.3. The predicted molar refractivity (Wildman–Crippen MR) is 119 cm³/mol. The molecule has 0 spiro atoms. The molecule has 0 radical (unpaired) electrons. The van der Waals surface area contributed by atoms with Crippen molar-refractivity contribution in [2.45, 2.75) is 25.0 Å². The van der Waals surface area contributed by atoms with Gasteiger partial charge in [0.25, 0.3) is 11.7 Å². The Hall–Kier alpha value is -3.03. The monoisotopic (exact) mass is 457 g/mol. The first kappa shape index (κ1) is 22.2. The predicted octanol–water partition coefficient (Wildman–Crippen LogP) is 3.96. The molecule has 1 amide bonds. The van der Waals surface area contributed by atoms with Crippen molar-refractivity contribution in [3.05, 3.63) is 64.2 Å². The van der Waals surface area contributed by atoms with Crippen molar-refractivity contribution in [3.8, 4) is 11.5 Å². The fourth-order valence-electron chi connectivity index (χ4n) is 4.22. The quantitative estimate of drug-likeness (QED) is 0.401. The summed E-state index contributed by atoms with van der Waals surface area (Å²) in [5, 5.41) is 11.6. The van der Waals surface area contributed by atoms with Gasteiger partial charge in [-0.25, -0.2) is 0 Å². The Morgan fingerprint density at radius 3 is 2.53 bits per heavy atom. The lowest BCUT2D eigenvalue weighted by molar-refractivity contribution is -0.140. The Morgan fingerprint density at radius 2 is 1.91 bits per heavy atom. The summed E-state index contributed by atoms with van der Waals surface area (Å²) in [5.74, 6) is -0.794. The van der Waals surface area contributed by atoms with Gasteiger partial charge in [-0.1, -0.05) is 23.7 Å². The van der Waals surface area contributed by atoms with E-state index in [0.717, 1.165) is 12.8 Å². The number of amides is 1. The van der Waals surface area contributed by atoms with Gasteiger partial charge in [-0.2, -0.15) is 0 Å². The number of rotatable bonds is 6. The van der Waals surface area contributed by atoms with Crippen LogP contribution in [0.4, 0.5) is 0 Å². The van der Waals surface area contributed by atoms with Gasteiger partial charge >= 0.3 is 0 Å². The minimum absolute atomic E-state index is 0.0151. The first-order chi connectivity index (χ1) is 15.4. The third-order valence-electron chi connectivity index (χ3n) is 5.81. The molecule has 0 bridgehead atoms. The van der Waals surface area contributed by atoms with Crippen molar-refractivity contribution in [1.82, 2.24) is 4.90 Å². The zero-order chi connectivity index (χ0) is 22.8. The number of aliphatic hydroxyl groups excluding tert-OH is 1. The molecule has 2 saturated heterocycles. The highest BCUT2D eigenvalue weighted by Gasteiger charge is 2.47. The van der Waals surface area contributed by atoms with Crippen LogP contribution in [0, 0.1) is 0 Å². The SMILES string of the molecule is COc1ccc(C2/C(=C(\O)c3cc(Cl)ccc3OC)C(=O)C(=O)N2CC2CCCO2)cc1. The molecule has 2 atom stereocenters. The highest BCUT2D eigenvalue weighted by Crippen LogP contribution is 2.42. The number of ketones is 1. The van der Waals surface area contributed by atoms with E-state index in [2.05, 4.69) is 0 Å². The lowest BCUT2D eigenvalue weighted by Crippen LogP contribution is -2.36. The van der Waals surface area contributed by atoms with Crippen LogP contribution < -0.4 is 9.47 Å². The molecule has 0 aliphatic carbocycles. The molecule has 2 heterocycles. The highest BCUT2D eigenvalue weighted by molar-refractivity contribution is 6.46. The second-order valence-corrected chi connectivity index (χ2v) is 8.14. The van der Waals surface area contributed by atoms with Gasteiger partial charge in [-0.05, 0) is 48.7 Å². The molecule has 8 heteroatoms. The molecule has 7 nitrogen and oxygen atoms in total. The Bertz CT molecular complexity index is 1060. The molecule has 2 fully saturated rings. The van der Waals surface area contributed by atoms with Crippen molar-refractivity contribution >= 4 is 29.1 Å². The maximum atomic E-state index is 13.1. The summed E-state index contributed by atoms with van der Waals surface area (Å²) in [5.41, 5.74) is 0.901. The molecule has 2 aromatic rings. The number of benzene rings is 2. The maximum Gasteiger partial charge on any atom is 0.295 e. The Kier molecular flexibility index (Phi) is 6.39. The van der Waals surface area contributed by atoms with Crippen molar-refractivity contribution in [3.63, 3.8) is 0 Å². The van der Waals surface area contributed by atoms with Crippen LogP contribution in [0.2, 0.25) is 5.02 Å². The number of ether oxygens (including phenoxy) is 3. The van der Waals surface area contributed by atoms with Crippen LogP contribution in [0.15, 0.2) is 48.0 Å². The molecule has 4 rings (SSSR count). The van der Waals surface area contributed by atoms with Gasteiger partial charge in [0.05, 0.1) is 37.5 Å². The van der Waals surface area contributed by atoms with Gasteiger partial charge in [-0.15, -0.1) is 0 Å². The summed E-state index contributed by atoms with van der Waals surface area (Å²) in [6.07, 6.45) is 1.55. The van der Waals surface area contributed by atoms with Crippen LogP contribution >= 0.6 is 11.6 Å². The van der Waals surface area contributed by atoms with E-state index in [1.807, 2.05) is 0 Å². The van der Waals surface area contributed by atoms with Gasteiger partial charge in [0.1, 0.15) is 17.3 Å². The summed E-state index contributed by atoms with van der Waals surface area (Å²) in [4.78, 5) is 27.7. The third kappa shape index (κ3) is 4.06. The van der Waals surface area contributed by atoms with Crippen molar-refractivity contribution < 1.29 is 28.9 Å². The van der Waals surface area contributed by atoms with E-state index in [1.165, 1.54) is 18.1 Å². The number of methoxy groups -OCH3 is 2. The van der Waals surface area contributed by atoms with Crippen molar-refractivity contribution in [2.24, 2.45) is 0 Å². The van der Waals surface area contributed by atoms with Gasteiger partial charge in [0.2, 0.25) is 0 Å². The lowest BCUT2D eigenvalue weighted by atomic mass is 9.94. The summed E-state index contributed by atoms with van der Waals surface area (Å²) in [6, 6.07) is 11.0. The van der Waals surface area contributed by atoms with Crippen LogP contribution in [0.3, 0.4) is 0 Å². The van der Waals surface area contributed by atoms with Gasteiger partial charge in [0, 0.05) is 18.2 Å². The number of carbonyl (C=O) groups is 2. The molecule has 0 aromatic heterocycles. The van der Waals surface area contributed by atoms with Crippen LogP contribution in [0.5, 0.6) is 11.5 Å². The maximum absolute atomic E-state index is 13.1. The zero-order valence-electron chi connectivity index (χ0n) is 17.8. The number of halogens is 1. The average Bonchev–Trinajstić information content (AvgIpc) is 3.41. The first-order valence-corrected chi connectivity index (χ1v) is 10.7. The number of likely N-dealkylation sites (tertiary alicyclic amines) is 1. The van der Waals surface area contributed by atoms with Crippen molar-refractivity contribution in [2.75, 3.05) is 27.4 Å². The fourth-order valence-corrected chi connectivity index (χ4v) is 4.39. The second-order valence-electron chi connectivity index (χ2n) is 7.70. The Morgan fingerprint density at radius 1 is 1.16 bits per heavy atom. The average molecular weight is 458 g/mol. The summed E-state index contributed by atoms with van der Waals surface area (Å²) in [6.45, 7) is 0.881. The van der Waals surface area contributed by atoms with E-state index in [1.54, 1.807) is 43.5 Å². The standard InChI is InChI=1S/C24H24ClNO6/c1-30-16-8-5-14(6-9-16)21-20(22(27)18-12-15(25)7-10-19(18)31-2)23(28)24(29)26(21)13-17-4-3-11-32-17/h5-10,12,17,21,27H,3-4,11,13H2,1-2H3/b22-20+. The highest BCUT2D eigenvalue weighted by atomic mass is 35.5. The molecule has 2 aliphatic rings. The smallest absolute Gasteiger partial charge is 0.295 e. The molecule has 0 saturated carbocycles. The van der Waals surface area contributed by atoms with E-state index in [4.69, 9.17) is 25.8 Å². The molecule has 2 aliphatic heterocycles. The molecular formula is C24H24ClNO6. The largest absolute Gasteiger partial charge is 0.507 e. The lowest BCUT2D eigenvalue weighted by Gasteiger charge is -2.27. The number of aliphatic hydroxyl groups is 1. The second kappa shape index (κ2) is 9.22. The minimum Gasteiger partial charge on any atom is -0.507 e. The topological polar surface area (TPSA) is 85.3 Å². The summed E-state index contributed by atoms with van der Waals surface area (Å²) < 4.78 is 16.3. The van der Waals surface area contributed by atoms with Crippen molar-refractivity contribution in [1.29, 1.82) is 0 Å². The Balaban J connectivity index is 1.86. The normalized spacial score (nSPS) is 22.4. The molecule has 168 valence electrons. The van der Waals surface area contributed by atoms with Gasteiger partial charge in [0.15, 0.2) is 0 Å². The third-order valence-corrected chi connectivity index (χ3v) is 6.05. The Labute approximate surface area is 191 Å². The fraction of sp³-hybridized carbons (Fsp3) is 0.333. The van der Waals surface area contributed by atoms with E-state index >= 15 is 0 Å². The molecular weight excluding hydrogens is 434 g/mol. The van der Waals surface area contributed by atoms with Crippen LogP contribution in [0.25, 0.3) is 5.76 Å². The minimum atomic E-state index is -0.784. The van der Waals surface area contributed by atoms with E-state index in [0.29, 0.717) is 28.7 Å². The van der Waals surface area contributed by atoms with Gasteiger partial charge < -0.3 is 24.2 Å². The molecule has 1 N–H and O–H groups in total. The van der Waals surface area contributed by atoms with E-state index in [9.17, 15) is 14.7 Å². The number of hydrogen-bond acceptors (Lipinski definition) is 6. The van der Waals surface area contributed by atoms with Gasteiger partial charge in [-0.3, -0.25) is 9.59 Å². The number of carbonyl (C=O) groups excluding carboxylic acids is 2. The van der Waals surface area contributed by atoms with Crippen LogP contribution in [0.1, 0.15) is 30.0 Å². The van der Waals surface area contributed by atoms with E-state index < -0.39 is 17.7 Å². The van der Waals surface area contributed by atoms with Crippen LogP contribution in [-0.2, 0) is 14.3 Å². The number of Topliss-reactive ketones (excluding diaryl/α,β-unsaturated/α-hetero) is 1. The molecule has 2 unspecified atom stereocenters. The number of hydrogen-bond donors (Lipinski definition) is 1. The number of nitrogens with zero attached hydrogens (tertiary/aromatic N) is 1. The summed E-state index contributed by atoms with van der Waals surface area (Å²) in [7, 11) is 3.01.